The summed E-state index contributed by atoms with van der Waals surface area (Å²) in [6.45, 7) is 0.461. The number of pyridine rings is 1. The van der Waals surface area contributed by atoms with Gasteiger partial charge in [0, 0.05) is 11.9 Å². The van der Waals surface area contributed by atoms with E-state index in [4.69, 9.17) is 9.15 Å². The average molecular weight is 381 g/mol. The van der Waals surface area contributed by atoms with Crippen LogP contribution in [0.25, 0.3) is 10.8 Å². The summed E-state index contributed by atoms with van der Waals surface area (Å²) in [5, 5.41) is 10.7. The first-order chi connectivity index (χ1) is 12.9. The van der Waals surface area contributed by atoms with E-state index < -0.39 is 0 Å². The molecular weight excluding hydrogens is 366 g/mol. The van der Waals surface area contributed by atoms with Crippen molar-refractivity contribution in [2.45, 2.75) is 17.6 Å². The Labute approximate surface area is 159 Å². The van der Waals surface area contributed by atoms with Gasteiger partial charge in [0.1, 0.15) is 12.4 Å². The van der Waals surface area contributed by atoms with E-state index in [1.165, 1.54) is 11.8 Å². The summed E-state index contributed by atoms with van der Waals surface area (Å²) in [5.74, 6) is 2.15. The normalized spacial score (nSPS) is 10.8. The first-order valence-electron chi connectivity index (χ1n) is 7.99. The van der Waals surface area contributed by atoms with Crippen molar-refractivity contribution in [3.63, 3.8) is 0 Å². The van der Waals surface area contributed by atoms with Gasteiger partial charge in [-0.1, -0.05) is 36.0 Å². The lowest BCUT2D eigenvalue weighted by atomic mass is 10.2. The molecule has 7 heteroatoms. The fourth-order valence-corrected chi connectivity index (χ4v) is 3.60. The van der Waals surface area contributed by atoms with Gasteiger partial charge >= 0.3 is 0 Å². The zero-order valence-electron chi connectivity index (χ0n) is 13.7. The Kier molecular flexibility index (Phi) is 5.27. The van der Waals surface area contributed by atoms with Crippen LogP contribution >= 0.6 is 23.1 Å². The zero-order chi connectivity index (χ0) is 17.6. The number of benzene rings is 1. The van der Waals surface area contributed by atoms with Crippen molar-refractivity contribution < 1.29 is 9.15 Å². The molecule has 0 radical (unpaired) electrons. The predicted octanol–water partition coefficient (Wildman–Crippen LogP) is 5.06. The highest BCUT2D eigenvalue weighted by molar-refractivity contribution is 7.98. The lowest BCUT2D eigenvalue weighted by Crippen LogP contribution is -1.97. The molecule has 0 fully saturated rings. The number of thioether (sulfide) groups is 1. The Morgan fingerprint density at radius 1 is 1.00 bits per heavy atom. The molecule has 0 unspecified atom stereocenters. The fourth-order valence-electron chi connectivity index (χ4n) is 2.24. The number of ether oxygens (including phenoxy) is 1. The second-order valence-corrected chi connectivity index (χ2v) is 7.27. The third-order valence-corrected chi connectivity index (χ3v) is 5.28. The maximum Gasteiger partial charge on any atom is 0.277 e. The number of hydrogen-bond acceptors (Lipinski definition) is 7. The minimum atomic E-state index is 0.461. The lowest BCUT2D eigenvalue weighted by Gasteiger charge is -2.06. The molecule has 0 spiro atoms. The summed E-state index contributed by atoms with van der Waals surface area (Å²) in [5.41, 5.74) is 2.07. The van der Waals surface area contributed by atoms with E-state index in [9.17, 15) is 0 Å². The quantitative estimate of drug-likeness (QED) is 0.417. The van der Waals surface area contributed by atoms with Crippen LogP contribution < -0.4 is 4.74 Å². The summed E-state index contributed by atoms with van der Waals surface area (Å²) >= 11 is 3.11. The molecular formula is C19H15N3O2S2. The van der Waals surface area contributed by atoms with E-state index >= 15 is 0 Å². The molecule has 0 bridgehead atoms. The minimum Gasteiger partial charge on any atom is -0.487 e. The zero-order valence-corrected chi connectivity index (χ0v) is 15.4. The van der Waals surface area contributed by atoms with Crippen LogP contribution in [0.5, 0.6) is 5.75 Å². The molecule has 0 atom stereocenters. The topological polar surface area (TPSA) is 61.0 Å². The van der Waals surface area contributed by atoms with E-state index in [1.54, 1.807) is 17.5 Å². The molecule has 5 nitrogen and oxygen atoms in total. The van der Waals surface area contributed by atoms with Gasteiger partial charge in [0.25, 0.3) is 11.1 Å². The molecule has 3 aromatic heterocycles. The highest BCUT2D eigenvalue weighted by Gasteiger charge is 2.10. The molecule has 26 heavy (non-hydrogen) atoms. The molecule has 0 N–H and O–H groups in total. The van der Waals surface area contributed by atoms with E-state index in [-0.39, 0.29) is 0 Å². The van der Waals surface area contributed by atoms with Crippen LogP contribution in [-0.2, 0) is 12.4 Å². The first kappa shape index (κ1) is 16.8. The Balaban J connectivity index is 1.30. The second kappa shape index (κ2) is 8.16. The molecule has 0 saturated heterocycles. The van der Waals surface area contributed by atoms with Gasteiger partial charge in [0.05, 0.1) is 10.6 Å². The van der Waals surface area contributed by atoms with E-state index in [2.05, 4.69) is 15.2 Å². The average Bonchev–Trinajstić information content (AvgIpc) is 3.38. The SMILES string of the molecule is c1ccc(COc2ccc(CSc3nnc(-c4cccs4)o3)cc2)nc1. The number of nitrogens with zero attached hydrogens (tertiary/aromatic N) is 3. The maximum absolute atomic E-state index is 5.75. The van der Waals surface area contributed by atoms with E-state index in [1.807, 2.05) is 60.0 Å². The van der Waals surface area contributed by atoms with Gasteiger partial charge in [-0.05, 0) is 41.3 Å². The van der Waals surface area contributed by atoms with Crippen molar-refractivity contribution in [3.05, 3.63) is 77.4 Å². The largest absolute Gasteiger partial charge is 0.487 e. The van der Waals surface area contributed by atoms with Crippen LogP contribution in [0.2, 0.25) is 0 Å². The van der Waals surface area contributed by atoms with E-state index in [0.717, 1.165) is 27.6 Å². The molecule has 0 amide bonds. The van der Waals surface area contributed by atoms with Gasteiger partial charge in [-0.3, -0.25) is 4.98 Å². The molecule has 0 aliphatic carbocycles. The lowest BCUT2D eigenvalue weighted by molar-refractivity contribution is 0.301. The summed E-state index contributed by atoms with van der Waals surface area (Å²) in [6, 6.07) is 17.7. The van der Waals surface area contributed by atoms with Crippen LogP contribution in [0.15, 0.2) is 75.8 Å². The molecule has 0 aliphatic rings. The summed E-state index contributed by atoms with van der Waals surface area (Å²) in [7, 11) is 0. The minimum absolute atomic E-state index is 0.461. The van der Waals surface area contributed by atoms with Crippen molar-refractivity contribution in [2.75, 3.05) is 0 Å². The smallest absolute Gasteiger partial charge is 0.277 e. The molecule has 0 saturated carbocycles. The molecule has 4 aromatic rings. The number of hydrogen-bond donors (Lipinski definition) is 0. The van der Waals surface area contributed by atoms with Crippen LogP contribution in [0.4, 0.5) is 0 Å². The maximum atomic E-state index is 5.75. The number of aromatic nitrogens is 3. The highest BCUT2D eigenvalue weighted by atomic mass is 32.2. The molecule has 4 rings (SSSR count). The first-order valence-corrected chi connectivity index (χ1v) is 9.85. The number of rotatable bonds is 7. The van der Waals surface area contributed by atoms with Crippen LogP contribution in [0, 0.1) is 0 Å². The van der Waals surface area contributed by atoms with Crippen molar-refractivity contribution in [2.24, 2.45) is 0 Å². The second-order valence-electron chi connectivity index (χ2n) is 5.39. The molecule has 130 valence electrons. The Hall–Kier alpha value is -2.64. The van der Waals surface area contributed by atoms with Gasteiger partial charge in [-0.25, -0.2) is 0 Å². The van der Waals surface area contributed by atoms with Crippen molar-refractivity contribution in [1.29, 1.82) is 0 Å². The van der Waals surface area contributed by atoms with Crippen LogP contribution in [0.1, 0.15) is 11.3 Å². The standard InChI is InChI=1S/C19H15N3O2S2/c1-2-10-20-15(4-1)12-23-16-8-6-14(7-9-16)13-26-19-22-21-18(24-19)17-5-3-11-25-17/h1-11H,12-13H2. The van der Waals surface area contributed by atoms with Crippen molar-refractivity contribution in [3.8, 4) is 16.5 Å². The van der Waals surface area contributed by atoms with Crippen LogP contribution in [-0.4, -0.2) is 15.2 Å². The van der Waals surface area contributed by atoms with Crippen molar-refractivity contribution in [1.82, 2.24) is 15.2 Å². The third kappa shape index (κ3) is 4.30. The van der Waals surface area contributed by atoms with E-state index in [0.29, 0.717) is 17.7 Å². The predicted molar refractivity (Wildman–Crippen MR) is 102 cm³/mol. The fraction of sp³-hybridized carbons (Fsp3) is 0.105. The summed E-state index contributed by atoms with van der Waals surface area (Å²) in [6.07, 6.45) is 1.76. The summed E-state index contributed by atoms with van der Waals surface area (Å²) in [4.78, 5) is 5.23. The molecule has 3 heterocycles. The van der Waals surface area contributed by atoms with Gasteiger partial charge in [-0.15, -0.1) is 21.5 Å². The summed E-state index contributed by atoms with van der Waals surface area (Å²) < 4.78 is 11.4. The van der Waals surface area contributed by atoms with Gasteiger partial charge in [0.2, 0.25) is 0 Å². The van der Waals surface area contributed by atoms with Gasteiger partial charge in [0.15, 0.2) is 0 Å². The Bertz CT molecular complexity index is 939. The van der Waals surface area contributed by atoms with Crippen molar-refractivity contribution >= 4 is 23.1 Å². The highest BCUT2D eigenvalue weighted by Crippen LogP contribution is 2.28. The monoisotopic (exact) mass is 381 g/mol. The third-order valence-electron chi connectivity index (χ3n) is 3.54. The Morgan fingerprint density at radius 3 is 2.69 bits per heavy atom. The molecule has 0 aliphatic heterocycles. The molecule has 1 aromatic carbocycles. The van der Waals surface area contributed by atoms with Crippen LogP contribution in [0.3, 0.4) is 0 Å². The Morgan fingerprint density at radius 2 is 1.92 bits per heavy atom. The number of thiophene rings is 1. The van der Waals surface area contributed by atoms with Gasteiger partial charge in [-0.2, -0.15) is 0 Å². The van der Waals surface area contributed by atoms with Gasteiger partial charge < -0.3 is 9.15 Å².